The number of hydrogen-bond acceptors (Lipinski definition) is 3. The lowest BCUT2D eigenvalue weighted by Gasteiger charge is -2.15. The summed E-state index contributed by atoms with van der Waals surface area (Å²) in [6.45, 7) is 0. The second kappa shape index (κ2) is 5.42. The van der Waals surface area contributed by atoms with Crippen LogP contribution in [0.15, 0.2) is 44.7 Å². The Morgan fingerprint density at radius 1 is 1.12 bits per heavy atom. The first-order chi connectivity index (χ1) is 7.72. The fourth-order valence-electron chi connectivity index (χ4n) is 1.49. The molecule has 2 rings (SSSR count). The molecular weight excluding hydrogens is 352 g/mol. The van der Waals surface area contributed by atoms with Gasteiger partial charge in [0.05, 0.1) is 6.04 Å². The van der Waals surface area contributed by atoms with Gasteiger partial charge < -0.3 is 0 Å². The van der Waals surface area contributed by atoms with Crippen molar-refractivity contribution in [2.45, 2.75) is 6.04 Å². The van der Waals surface area contributed by atoms with Crippen LogP contribution in [0.1, 0.15) is 16.5 Å². The summed E-state index contributed by atoms with van der Waals surface area (Å²) in [5.74, 6) is 5.63. The van der Waals surface area contributed by atoms with Crippen molar-refractivity contribution in [3.05, 3.63) is 55.1 Å². The normalized spacial score (nSPS) is 12.7. The summed E-state index contributed by atoms with van der Waals surface area (Å²) in [5.41, 5.74) is 3.99. The van der Waals surface area contributed by atoms with Gasteiger partial charge in [-0.3, -0.25) is 5.84 Å². The highest BCUT2D eigenvalue weighted by Gasteiger charge is 2.16. The summed E-state index contributed by atoms with van der Waals surface area (Å²) >= 11 is 8.63. The Hall–Kier alpha value is -0.200. The molecule has 0 aliphatic heterocycles. The quantitative estimate of drug-likeness (QED) is 0.644. The van der Waals surface area contributed by atoms with Gasteiger partial charge in [0.25, 0.3) is 0 Å². The van der Waals surface area contributed by atoms with E-state index in [4.69, 9.17) is 5.84 Å². The molecule has 0 aliphatic carbocycles. The fourth-order valence-corrected chi connectivity index (χ4v) is 3.44. The Bertz CT molecular complexity index is 467. The zero-order chi connectivity index (χ0) is 11.5. The van der Waals surface area contributed by atoms with E-state index in [0.717, 1.165) is 14.5 Å². The molecule has 5 heteroatoms. The largest absolute Gasteiger partial charge is 0.271 e. The molecule has 0 fully saturated rings. The van der Waals surface area contributed by atoms with Gasteiger partial charge in [-0.1, -0.05) is 28.1 Å². The Labute approximate surface area is 115 Å². The second-order valence-electron chi connectivity index (χ2n) is 3.28. The number of nitrogens with one attached hydrogen (secondary N) is 1. The molecule has 1 atom stereocenters. The minimum atomic E-state index is 0.0301. The van der Waals surface area contributed by atoms with Gasteiger partial charge in [0.2, 0.25) is 0 Å². The maximum atomic E-state index is 5.63. The SMILES string of the molecule is NNC(c1ccc(Br)cc1)c1sccc1Br. The third-order valence-corrected chi connectivity index (χ3v) is 4.74. The van der Waals surface area contributed by atoms with E-state index < -0.39 is 0 Å². The number of rotatable bonds is 3. The van der Waals surface area contributed by atoms with Crippen LogP contribution in [0.2, 0.25) is 0 Å². The number of hydrogen-bond donors (Lipinski definition) is 2. The highest BCUT2D eigenvalue weighted by molar-refractivity contribution is 9.10. The third-order valence-electron chi connectivity index (χ3n) is 2.28. The van der Waals surface area contributed by atoms with Crippen LogP contribution in [-0.2, 0) is 0 Å². The lowest BCUT2D eigenvalue weighted by atomic mass is 10.1. The first kappa shape index (κ1) is 12.3. The Morgan fingerprint density at radius 3 is 2.31 bits per heavy atom. The molecule has 84 valence electrons. The van der Waals surface area contributed by atoms with Gasteiger partial charge in [-0.2, -0.15) is 0 Å². The first-order valence-electron chi connectivity index (χ1n) is 4.67. The van der Waals surface area contributed by atoms with Crippen LogP contribution in [-0.4, -0.2) is 0 Å². The molecule has 2 nitrogen and oxygen atoms in total. The molecule has 0 saturated heterocycles. The molecule has 0 spiro atoms. The Balaban J connectivity index is 2.37. The molecule has 1 aromatic carbocycles. The summed E-state index contributed by atoms with van der Waals surface area (Å²) in [7, 11) is 0. The van der Waals surface area contributed by atoms with Crippen molar-refractivity contribution in [3.8, 4) is 0 Å². The average Bonchev–Trinajstić information content (AvgIpc) is 2.69. The van der Waals surface area contributed by atoms with Crippen LogP contribution in [0.4, 0.5) is 0 Å². The van der Waals surface area contributed by atoms with E-state index in [1.54, 1.807) is 11.3 Å². The fraction of sp³-hybridized carbons (Fsp3) is 0.0909. The minimum Gasteiger partial charge on any atom is -0.271 e. The summed E-state index contributed by atoms with van der Waals surface area (Å²) < 4.78 is 2.15. The highest BCUT2D eigenvalue weighted by atomic mass is 79.9. The molecule has 1 heterocycles. The smallest absolute Gasteiger partial charge is 0.0813 e. The Morgan fingerprint density at radius 2 is 1.81 bits per heavy atom. The molecule has 0 amide bonds. The zero-order valence-corrected chi connectivity index (χ0v) is 12.3. The van der Waals surface area contributed by atoms with E-state index in [0.29, 0.717) is 0 Å². The van der Waals surface area contributed by atoms with Gasteiger partial charge in [-0.25, -0.2) is 5.43 Å². The average molecular weight is 362 g/mol. The predicted octanol–water partition coefficient (Wildman–Crippen LogP) is 3.83. The molecule has 0 radical (unpaired) electrons. The van der Waals surface area contributed by atoms with Crippen molar-refractivity contribution >= 4 is 43.2 Å². The highest BCUT2D eigenvalue weighted by Crippen LogP contribution is 2.32. The number of nitrogens with two attached hydrogens (primary N) is 1. The van der Waals surface area contributed by atoms with Crippen molar-refractivity contribution in [2.24, 2.45) is 5.84 Å². The summed E-state index contributed by atoms with van der Waals surface area (Å²) in [4.78, 5) is 1.19. The van der Waals surface area contributed by atoms with Crippen LogP contribution in [0, 0.1) is 0 Å². The summed E-state index contributed by atoms with van der Waals surface area (Å²) in [5, 5.41) is 2.04. The van der Waals surface area contributed by atoms with Gasteiger partial charge in [-0.05, 0) is 45.1 Å². The number of hydrazine groups is 1. The van der Waals surface area contributed by atoms with Gasteiger partial charge in [0, 0.05) is 13.8 Å². The van der Waals surface area contributed by atoms with Crippen molar-refractivity contribution in [1.29, 1.82) is 0 Å². The standard InChI is InChI=1S/C11H10Br2N2S/c12-8-3-1-7(2-4-8)10(15-14)11-9(13)5-6-16-11/h1-6,10,15H,14H2. The van der Waals surface area contributed by atoms with Crippen molar-refractivity contribution in [2.75, 3.05) is 0 Å². The molecule has 0 saturated carbocycles. The lowest BCUT2D eigenvalue weighted by molar-refractivity contribution is 0.644. The summed E-state index contributed by atoms with van der Waals surface area (Å²) in [6, 6.07) is 10.2. The van der Waals surface area contributed by atoms with E-state index >= 15 is 0 Å². The molecule has 2 aromatic rings. The van der Waals surface area contributed by atoms with Crippen LogP contribution in [0.25, 0.3) is 0 Å². The number of thiophene rings is 1. The van der Waals surface area contributed by atoms with Crippen LogP contribution in [0.3, 0.4) is 0 Å². The van der Waals surface area contributed by atoms with Gasteiger partial charge in [0.15, 0.2) is 0 Å². The number of benzene rings is 1. The zero-order valence-electron chi connectivity index (χ0n) is 8.28. The maximum absolute atomic E-state index is 5.63. The van der Waals surface area contributed by atoms with E-state index in [1.807, 2.05) is 23.6 Å². The summed E-state index contributed by atoms with van der Waals surface area (Å²) in [6.07, 6.45) is 0. The van der Waals surface area contributed by atoms with Crippen molar-refractivity contribution in [1.82, 2.24) is 5.43 Å². The lowest BCUT2D eigenvalue weighted by Crippen LogP contribution is -2.28. The molecule has 1 aromatic heterocycles. The van der Waals surface area contributed by atoms with Crippen molar-refractivity contribution in [3.63, 3.8) is 0 Å². The van der Waals surface area contributed by atoms with Crippen LogP contribution >= 0.6 is 43.2 Å². The molecular formula is C11H10Br2N2S. The minimum absolute atomic E-state index is 0.0301. The number of halogens is 2. The Kier molecular flexibility index (Phi) is 4.16. The van der Waals surface area contributed by atoms with Crippen LogP contribution < -0.4 is 11.3 Å². The molecule has 1 unspecified atom stereocenters. The molecule has 16 heavy (non-hydrogen) atoms. The van der Waals surface area contributed by atoms with Crippen molar-refractivity contribution < 1.29 is 0 Å². The topological polar surface area (TPSA) is 38.0 Å². The van der Waals surface area contributed by atoms with Gasteiger partial charge in [0.1, 0.15) is 0 Å². The van der Waals surface area contributed by atoms with E-state index in [2.05, 4.69) is 49.4 Å². The maximum Gasteiger partial charge on any atom is 0.0813 e. The van der Waals surface area contributed by atoms with E-state index in [9.17, 15) is 0 Å². The molecule has 0 aliphatic rings. The van der Waals surface area contributed by atoms with E-state index in [-0.39, 0.29) is 6.04 Å². The van der Waals surface area contributed by atoms with Crippen LogP contribution in [0.5, 0.6) is 0 Å². The van der Waals surface area contributed by atoms with E-state index in [1.165, 1.54) is 4.88 Å². The molecule has 3 N–H and O–H groups in total. The van der Waals surface area contributed by atoms with Gasteiger partial charge in [-0.15, -0.1) is 11.3 Å². The third kappa shape index (κ3) is 2.55. The monoisotopic (exact) mass is 360 g/mol. The first-order valence-corrected chi connectivity index (χ1v) is 7.13. The predicted molar refractivity (Wildman–Crippen MR) is 75.3 cm³/mol. The van der Waals surface area contributed by atoms with Gasteiger partial charge >= 0.3 is 0 Å². The molecule has 0 bridgehead atoms. The second-order valence-corrected chi connectivity index (χ2v) is 6.00.